The molecule has 0 unspecified atom stereocenters. The summed E-state index contributed by atoms with van der Waals surface area (Å²) in [6, 6.07) is 7.47. The molecule has 164 valence electrons. The monoisotopic (exact) mass is 430 g/mol. The van der Waals surface area contributed by atoms with Crippen molar-refractivity contribution in [2.75, 3.05) is 19.8 Å². The first-order valence-corrected chi connectivity index (χ1v) is 9.97. The topological polar surface area (TPSA) is 115 Å². The summed E-state index contributed by atoms with van der Waals surface area (Å²) in [5, 5.41) is 16.0. The molecule has 0 bridgehead atoms. The number of amides is 1. The van der Waals surface area contributed by atoms with Crippen molar-refractivity contribution in [2.24, 2.45) is 5.16 Å². The minimum Gasteiger partial charge on any atom is -0.394 e. The van der Waals surface area contributed by atoms with Gasteiger partial charge >= 0.3 is 0 Å². The summed E-state index contributed by atoms with van der Waals surface area (Å²) in [5.41, 5.74) is 2.08. The highest BCUT2D eigenvalue weighted by molar-refractivity contribution is 6.02. The predicted molar refractivity (Wildman–Crippen MR) is 107 cm³/mol. The number of carbonyl (C=O) groups excluding carboxylic acids is 1. The number of hydrogen-bond donors (Lipinski definition) is 2. The molecule has 1 aromatic heterocycles. The van der Waals surface area contributed by atoms with E-state index in [0.29, 0.717) is 36.9 Å². The van der Waals surface area contributed by atoms with Gasteiger partial charge in [0.25, 0.3) is 5.91 Å². The van der Waals surface area contributed by atoms with Gasteiger partial charge in [0.2, 0.25) is 0 Å². The van der Waals surface area contributed by atoms with E-state index < -0.39 is 0 Å². The van der Waals surface area contributed by atoms with Crippen LogP contribution in [0.2, 0.25) is 0 Å². The van der Waals surface area contributed by atoms with Crippen molar-refractivity contribution in [3.63, 3.8) is 0 Å². The van der Waals surface area contributed by atoms with E-state index in [2.05, 4.69) is 20.4 Å². The van der Waals surface area contributed by atoms with Gasteiger partial charge in [0, 0.05) is 13.0 Å². The Kier molecular flexibility index (Phi) is 6.50. The Morgan fingerprint density at radius 2 is 2.00 bits per heavy atom. The highest BCUT2D eigenvalue weighted by Gasteiger charge is 2.35. The van der Waals surface area contributed by atoms with Gasteiger partial charge < -0.3 is 24.7 Å². The first kappa shape index (κ1) is 21.3. The van der Waals surface area contributed by atoms with Crippen LogP contribution >= 0.6 is 0 Å². The van der Waals surface area contributed by atoms with Gasteiger partial charge in [0.1, 0.15) is 35.3 Å². The third-order valence-electron chi connectivity index (χ3n) is 5.04. The number of rotatable bonds is 6. The van der Waals surface area contributed by atoms with Crippen molar-refractivity contribution in [2.45, 2.75) is 38.2 Å². The molecule has 2 N–H and O–H groups in total. The van der Waals surface area contributed by atoms with Crippen LogP contribution in [0.5, 0.6) is 0 Å². The number of benzene rings is 1. The van der Waals surface area contributed by atoms with E-state index in [0.717, 1.165) is 5.56 Å². The molecule has 2 aliphatic rings. The molecule has 3 atom stereocenters. The van der Waals surface area contributed by atoms with E-state index in [-0.39, 0.29) is 48.9 Å². The van der Waals surface area contributed by atoms with Gasteiger partial charge in [-0.3, -0.25) is 4.79 Å². The molecule has 0 spiro atoms. The number of ether oxygens (including phenoxy) is 2. The summed E-state index contributed by atoms with van der Waals surface area (Å²) in [5.74, 6) is -0.271. The van der Waals surface area contributed by atoms with Gasteiger partial charge in [0.15, 0.2) is 6.10 Å². The van der Waals surface area contributed by atoms with Crippen LogP contribution in [0.4, 0.5) is 4.39 Å². The molecule has 0 radical (unpaired) electrons. The minimum atomic E-state index is -0.369. The molecule has 31 heavy (non-hydrogen) atoms. The number of aliphatic hydroxyl groups is 1. The van der Waals surface area contributed by atoms with Gasteiger partial charge in [-0.1, -0.05) is 17.3 Å². The number of halogens is 1. The highest BCUT2D eigenvalue weighted by atomic mass is 19.1. The van der Waals surface area contributed by atoms with Crippen LogP contribution in [0, 0.1) is 12.7 Å². The summed E-state index contributed by atoms with van der Waals surface area (Å²) in [6.45, 7) is 2.45. The number of aromatic nitrogens is 2. The molecule has 1 fully saturated rings. The van der Waals surface area contributed by atoms with Crippen molar-refractivity contribution in [1.29, 1.82) is 0 Å². The molecule has 2 aromatic rings. The van der Waals surface area contributed by atoms with Gasteiger partial charge in [0.05, 0.1) is 25.5 Å². The van der Waals surface area contributed by atoms with Crippen LogP contribution in [0.1, 0.15) is 34.0 Å². The van der Waals surface area contributed by atoms with Crippen molar-refractivity contribution >= 4 is 11.6 Å². The molecular formula is C21H23FN4O5. The van der Waals surface area contributed by atoms with Gasteiger partial charge in [-0.2, -0.15) is 0 Å². The van der Waals surface area contributed by atoms with Crippen molar-refractivity contribution in [3.05, 3.63) is 58.9 Å². The number of nitrogens with one attached hydrogen (secondary N) is 1. The standard InChI is InChI=1S/C21H23FN4O5/c1-12-24-16(17-7-19(31-26-17)20-11-29-15(9-27)10-30-20)6-18(25-12)21(28)23-8-13-2-4-14(22)5-3-13/h2-6,15,19-20,27H,7-11H2,1H3,(H,23,28)/t15-,19+,20-/m1/s1. The number of hydrogen-bond acceptors (Lipinski definition) is 8. The molecule has 3 heterocycles. The van der Waals surface area contributed by atoms with E-state index in [1.807, 2.05) is 0 Å². The maximum Gasteiger partial charge on any atom is 0.270 e. The van der Waals surface area contributed by atoms with Crippen molar-refractivity contribution < 1.29 is 28.6 Å². The average molecular weight is 430 g/mol. The minimum absolute atomic E-state index is 0.0911. The zero-order chi connectivity index (χ0) is 21.8. The Morgan fingerprint density at radius 3 is 2.71 bits per heavy atom. The lowest BCUT2D eigenvalue weighted by Gasteiger charge is -2.30. The maximum atomic E-state index is 13.0. The lowest BCUT2D eigenvalue weighted by Crippen LogP contribution is -2.43. The lowest BCUT2D eigenvalue weighted by molar-refractivity contribution is -0.178. The second kappa shape index (κ2) is 9.46. The quantitative estimate of drug-likeness (QED) is 0.706. The molecule has 1 aromatic carbocycles. The Bertz CT molecular complexity index is 961. The zero-order valence-electron chi connectivity index (χ0n) is 17.0. The molecule has 10 heteroatoms. The zero-order valence-corrected chi connectivity index (χ0v) is 17.0. The third kappa shape index (κ3) is 5.22. The first-order chi connectivity index (χ1) is 15.0. The Balaban J connectivity index is 1.38. The van der Waals surface area contributed by atoms with Gasteiger partial charge in [-0.25, -0.2) is 14.4 Å². The Labute approximate surface area is 178 Å². The molecule has 9 nitrogen and oxygen atoms in total. The summed E-state index contributed by atoms with van der Waals surface area (Å²) in [6.07, 6.45) is -0.505. The van der Waals surface area contributed by atoms with Crippen LogP contribution in [0.25, 0.3) is 0 Å². The predicted octanol–water partition coefficient (Wildman–Crippen LogP) is 1.12. The molecule has 2 aliphatic heterocycles. The number of oxime groups is 1. The van der Waals surface area contributed by atoms with Crippen molar-refractivity contribution in [1.82, 2.24) is 15.3 Å². The van der Waals surface area contributed by atoms with Crippen LogP contribution in [-0.4, -0.2) is 64.8 Å². The van der Waals surface area contributed by atoms with E-state index >= 15 is 0 Å². The van der Waals surface area contributed by atoms with E-state index in [4.69, 9.17) is 19.4 Å². The van der Waals surface area contributed by atoms with Gasteiger partial charge in [-0.15, -0.1) is 0 Å². The van der Waals surface area contributed by atoms with Crippen LogP contribution in [-0.2, 0) is 20.9 Å². The maximum absolute atomic E-state index is 13.0. The fourth-order valence-corrected chi connectivity index (χ4v) is 3.33. The van der Waals surface area contributed by atoms with Crippen LogP contribution in [0.3, 0.4) is 0 Å². The van der Waals surface area contributed by atoms with E-state index in [1.165, 1.54) is 12.1 Å². The summed E-state index contributed by atoms with van der Waals surface area (Å²) in [7, 11) is 0. The van der Waals surface area contributed by atoms with E-state index in [9.17, 15) is 9.18 Å². The molecular weight excluding hydrogens is 407 g/mol. The average Bonchev–Trinajstić information content (AvgIpc) is 3.28. The molecule has 1 saturated heterocycles. The summed E-state index contributed by atoms with van der Waals surface area (Å²) in [4.78, 5) is 26.7. The SMILES string of the molecule is Cc1nc(C(=O)NCc2ccc(F)cc2)cc(C2=NO[C@H]([C@H]3CO[C@H](CO)CO3)C2)n1. The van der Waals surface area contributed by atoms with Gasteiger partial charge in [-0.05, 0) is 30.7 Å². The number of aliphatic hydroxyl groups excluding tert-OH is 1. The highest BCUT2D eigenvalue weighted by Crippen LogP contribution is 2.23. The van der Waals surface area contributed by atoms with Crippen molar-refractivity contribution in [3.8, 4) is 0 Å². The second-order valence-electron chi connectivity index (χ2n) is 7.39. The third-order valence-corrected chi connectivity index (χ3v) is 5.04. The molecule has 1 amide bonds. The fourth-order valence-electron chi connectivity index (χ4n) is 3.33. The second-order valence-corrected chi connectivity index (χ2v) is 7.39. The normalized spacial score (nSPS) is 23.2. The van der Waals surface area contributed by atoms with E-state index in [1.54, 1.807) is 25.1 Å². The molecule has 0 saturated carbocycles. The first-order valence-electron chi connectivity index (χ1n) is 9.97. The number of carbonyl (C=O) groups is 1. The summed E-state index contributed by atoms with van der Waals surface area (Å²) >= 11 is 0. The number of nitrogens with zero attached hydrogens (tertiary/aromatic N) is 3. The van der Waals surface area contributed by atoms with Crippen LogP contribution < -0.4 is 5.32 Å². The fraction of sp³-hybridized carbons (Fsp3) is 0.429. The summed E-state index contributed by atoms with van der Waals surface area (Å²) < 4.78 is 24.3. The molecule has 0 aliphatic carbocycles. The lowest BCUT2D eigenvalue weighted by atomic mass is 10.0. The number of aryl methyl sites for hydroxylation is 1. The smallest absolute Gasteiger partial charge is 0.270 e. The Morgan fingerprint density at radius 1 is 1.19 bits per heavy atom. The van der Waals surface area contributed by atoms with Crippen LogP contribution in [0.15, 0.2) is 35.5 Å². The molecule has 4 rings (SSSR count). The Hall–Kier alpha value is -2.95. The largest absolute Gasteiger partial charge is 0.394 e.